The molecule has 0 heterocycles. The fourth-order valence-electron chi connectivity index (χ4n) is 2.35. The summed E-state index contributed by atoms with van der Waals surface area (Å²) in [5, 5.41) is 28.2. The van der Waals surface area contributed by atoms with Gasteiger partial charge in [0, 0.05) is 12.3 Å². The van der Waals surface area contributed by atoms with E-state index in [9.17, 15) is 15.0 Å². The predicted octanol–water partition coefficient (Wildman–Crippen LogP) is 3.71. The highest BCUT2D eigenvalue weighted by Gasteiger charge is 2.15. The second kappa shape index (κ2) is 14.6. The van der Waals surface area contributed by atoms with Crippen molar-refractivity contribution in [2.45, 2.75) is 89.3 Å². The van der Waals surface area contributed by atoms with E-state index in [1.807, 2.05) is 0 Å². The van der Waals surface area contributed by atoms with E-state index in [-0.39, 0.29) is 6.42 Å². The van der Waals surface area contributed by atoms with Gasteiger partial charge in [0.05, 0.1) is 12.2 Å². The number of alkyl halides is 1. The topological polar surface area (TPSA) is 77.8 Å². The summed E-state index contributed by atoms with van der Waals surface area (Å²) in [7, 11) is 0. The summed E-state index contributed by atoms with van der Waals surface area (Å²) in [6.45, 7) is 0. The van der Waals surface area contributed by atoms with Crippen LogP contribution in [0.2, 0.25) is 0 Å². The van der Waals surface area contributed by atoms with E-state index >= 15 is 0 Å². The predicted molar refractivity (Wildman–Crippen MR) is 85.8 cm³/mol. The van der Waals surface area contributed by atoms with E-state index < -0.39 is 18.2 Å². The maximum Gasteiger partial charge on any atom is 0.303 e. The lowest BCUT2D eigenvalue weighted by Crippen LogP contribution is -2.25. The largest absolute Gasteiger partial charge is 0.481 e. The van der Waals surface area contributed by atoms with Crippen LogP contribution in [0.1, 0.15) is 77.0 Å². The molecule has 0 aromatic heterocycles. The number of carboxylic acid groups (broad SMARTS) is 1. The molecule has 0 spiro atoms. The summed E-state index contributed by atoms with van der Waals surface area (Å²) >= 11 is 5.59. The summed E-state index contributed by atoms with van der Waals surface area (Å²) in [5.74, 6) is -0.0444. The molecule has 0 aliphatic carbocycles. The monoisotopic (exact) mass is 322 g/mol. The van der Waals surface area contributed by atoms with E-state index in [1.165, 1.54) is 0 Å². The van der Waals surface area contributed by atoms with Crippen molar-refractivity contribution in [1.82, 2.24) is 0 Å². The molecule has 0 rings (SSSR count). The van der Waals surface area contributed by atoms with Crippen LogP contribution in [0, 0.1) is 0 Å². The van der Waals surface area contributed by atoms with Crippen molar-refractivity contribution >= 4 is 17.6 Å². The van der Waals surface area contributed by atoms with Gasteiger partial charge in [-0.1, -0.05) is 44.9 Å². The minimum absolute atomic E-state index is 0.241. The molecule has 3 N–H and O–H groups in total. The number of halogens is 1. The minimum Gasteiger partial charge on any atom is -0.481 e. The number of aliphatic carboxylic acids is 1. The van der Waals surface area contributed by atoms with Gasteiger partial charge in [0.2, 0.25) is 0 Å². The van der Waals surface area contributed by atoms with E-state index in [0.29, 0.717) is 18.7 Å². The Hall–Kier alpha value is -0.320. The van der Waals surface area contributed by atoms with Gasteiger partial charge in [-0.3, -0.25) is 4.79 Å². The highest BCUT2D eigenvalue weighted by molar-refractivity contribution is 6.17. The van der Waals surface area contributed by atoms with Crippen LogP contribution in [-0.4, -0.2) is 39.4 Å². The number of unbranched alkanes of at least 4 members (excludes halogenated alkanes) is 7. The van der Waals surface area contributed by atoms with E-state index in [2.05, 4.69) is 0 Å². The van der Waals surface area contributed by atoms with Crippen LogP contribution in [0.3, 0.4) is 0 Å². The summed E-state index contributed by atoms with van der Waals surface area (Å²) in [4.78, 5) is 10.3. The SMILES string of the molecule is O=C(O)CCCCCCC[C@@H](O)[C@H](O)CCCCCCCl. The molecule has 0 amide bonds. The maximum absolute atomic E-state index is 10.3. The molecule has 0 unspecified atom stereocenters. The molecule has 0 aliphatic rings. The Labute approximate surface area is 133 Å². The first-order valence-electron chi connectivity index (χ1n) is 8.21. The lowest BCUT2D eigenvalue weighted by atomic mass is 10.00. The van der Waals surface area contributed by atoms with Crippen LogP contribution < -0.4 is 0 Å². The van der Waals surface area contributed by atoms with E-state index in [1.54, 1.807) is 0 Å². The third kappa shape index (κ3) is 14.4. The van der Waals surface area contributed by atoms with Crippen molar-refractivity contribution in [2.24, 2.45) is 0 Å². The Morgan fingerprint density at radius 1 is 0.762 bits per heavy atom. The molecule has 0 radical (unpaired) electrons. The molecule has 0 saturated heterocycles. The van der Waals surface area contributed by atoms with Crippen LogP contribution in [0.5, 0.6) is 0 Å². The van der Waals surface area contributed by atoms with Gasteiger partial charge in [-0.05, 0) is 25.7 Å². The van der Waals surface area contributed by atoms with Crippen molar-refractivity contribution in [1.29, 1.82) is 0 Å². The molecule has 0 aliphatic heterocycles. The average Bonchev–Trinajstić information content (AvgIpc) is 2.45. The average molecular weight is 323 g/mol. The molecule has 0 fully saturated rings. The number of carboxylic acids is 1. The standard InChI is InChI=1S/C16H31ClO4/c17-13-9-5-4-7-11-15(19)14(18)10-6-2-1-3-8-12-16(20)21/h14-15,18-19H,1-13H2,(H,20,21)/t14-,15-/m1/s1. The molecule has 0 aromatic carbocycles. The van der Waals surface area contributed by atoms with E-state index in [4.69, 9.17) is 16.7 Å². The zero-order valence-electron chi connectivity index (χ0n) is 13.0. The molecule has 126 valence electrons. The lowest BCUT2D eigenvalue weighted by molar-refractivity contribution is -0.137. The number of rotatable bonds is 15. The zero-order chi connectivity index (χ0) is 15.9. The molecule has 4 nitrogen and oxygen atoms in total. The Morgan fingerprint density at radius 2 is 1.19 bits per heavy atom. The lowest BCUT2D eigenvalue weighted by Gasteiger charge is -2.17. The Kier molecular flexibility index (Phi) is 14.4. The zero-order valence-corrected chi connectivity index (χ0v) is 13.7. The fourth-order valence-corrected chi connectivity index (χ4v) is 2.54. The molecule has 21 heavy (non-hydrogen) atoms. The Bertz CT molecular complexity index is 248. The number of aliphatic hydroxyl groups is 2. The molecule has 2 atom stereocenters. The summed E-state index contributed by atoms with van der Waals surface area (Å²) in [5.41, 5.74) is 0. The third-order valence-corrected chi connectivity index (χ3v) is 3.99. The van der Waals surface area contributed by atoms with Crippen LogP contribution >= 0.6 is 11.6 Å². The van der Waals surface area contributed by atoms with Gasteiger partial charge in [0.15, 0.2) is 0 Å². The maximum atomic E-state index is 10.3. The first kappa shape index (κ1) is 20.7. The fraction of sp³-hybridized carbons (Fsp3) is 0.938. The van der Waals surface area contributed by atoms with Gasteiger partial charge in [0.25, 0.3) is 0 Å². The second-order valence-corrected chi connectivity index (χ2v) is 6.10. The molecule has 0 saturated carbocycles. The number of carbonyl (C=O) groups is 1. The molecule has 0 bridgehead atoms. The number of aliphatic hydroxyl groups excluding tert-OH is 2. The normalized spacial score (nSPS) is 14.0. The van der Waals surface area contributed by atoms with Gasteiger partial charge in [-0.15, -0.1) is 11.6 Å². The minimum atomic E-state index is -0.736. The molecular formula is C16H31ClO4. The first-order valence-corrected chi connectivity index (χ1v) is 8.75. The third-order valence-electron chi connectivity index (χ3n) is 3.72. The van der Waals surface area contributed by atoms with Gasteiger partial charge in [-0.2, -0.15) is 0 Å². The molecule has 0 aromatic rings. The summed E-state index contributed by atoms with van der Waals surface area (Å²) in [6.07, 6.45) is 8.88. The van der Waals surface area contributed by atoms with Crippen molar-refractivity contribution in [3.8, 4) is 0 Å². The quantitative estimate of drug-likeness (QED) is 0.317. The van der Waals surface area contributed by atoms with Crippen LogP contribution in [0.4, 0.5) is 0 Å². The smallest absolute Gasteiger partial charge is 0.303 e. The highest BCUT2D eigenvalue weighted by Crippen LogP contribution is 2.14. The van der Waals surface area contributed by atoms with Gasteiger partial charge < -0.3 is 15.3 Å². The van der Waals surface area contributed by atoms with Gasteiger partial charge in [0.1, 0.15) is 0 Å². The van der Waals surface area contributed by atoms with Gasteiger partial charge in [-0.25, -0.2) is 0 Å². The number of hydrogen-bond acceptors (Lipinski definition) is 3. The Morgan fingerprint density at radius 3 is 1.67 bits per heavy atom. The van der Waals surface area contributed by atoms with Crippen LogP contribution in [-0.2, 0) is 4.79 Å². The summed E-state index contributed by atoms with van der Waals surface area (Å²) in [6, 6.07) is 0. The summed E-state index contributed by atoms with van der Waals surface area (Å²) < 4.78 is 0. The van der Waals surface area contributed by atoms with Crippen LogP contribution in [0.25, 0.3) is 0 Å². The second-order valence-electron chi connectivity index (χ2n) is 5.73. The van der Waals surface area contributed by atoms with Crippen LogP contribution in [0.15, 0.2) is 0 Å². The van der Waals surface area contributed by atoms with E-state index in [0.717, 1.165) is 57.8 Å². The Balaban J connectivity index is 3.38. The van der Waals surface area contributed by atoms with Crippen molar-refractivity contribution in [3.05, 3.63) is 0 Å². The van der Waals surface area contributed by atoms with Gasteiger partial charge >= 0.3 is 5.97 Å². The highest BCUT2D eigenvalue weighted by atomic mass is 35.5. The molecular weight excluding hydrogens is 292 g/mol. The van der Waals surface area contributed by atoms with Crippen molar-refractivity contribution in [3.63, 3.8) is 0 Å². The first-order chi connectivity index (χ1) is 10.1. The molecule has 5 heteroatoms. The van der Waals surface area contributed by atoms with Crippen molar-refractivity contribution < 1.29 is 20.1 Å². The number of hydrogen-bond donors (Lipinski definition) is 3. The van der Waals surface area contributed by atoms with Crippen molar-refractivity contribution in [2.75, 3.05) is 5.88 Å².